The first-order valence-corrected chi connectivity index (χ1v) is 12.0. The van der Waals surface area contributed by atoms with Gasteiger partial charge >= 0.3 is 12.1 Å². The van der Waals surface area contributed by atoms with Gasteiger partial charge in [0.05, 0.1) is 28.9 Å². The number of hydrogen-bond acceptors (Lipinski definition) is 8. The van der Waals surface area contributed by atoms with Gasteiger partial charge in [0, 0.05) is 19.3 Å². The Balaban J connectivity index is 2.52. The first-order chi connectivity index (χ1) is 14.6. The number of hydrogen-bond donors (Lipinski definition) is 1. The highest BCUT2D eigenvalue weighted by Crippen LogP contribution is 2.34. The highest BCUT2D eigenvalue weighted by molar-refractivity contribution is 7.90. The van der Waals surface area contributed by atoms with E-state index in [0.29, 0.717) is 0 Å². The minimum Gasteiger partial charge on any atom is -0.465 e. The maximum absolute atomic E-state index is 13.4. The van der Waals surface area contributed by atoms with Crippen LogP contribution in [-0.4, -0.2) is 69.4 Å². The van der Waals surface area contributed by atoms with Gasteiger partial charge in [-0.05, 0) is 38.8 Å². The van der Waals surface area contributed by atoms with Gasteiger partial charge in [0.15, 0.2) is 9.84 Å². The molecule has 2 amide bonds. The largest absolute Gasteiger partial charge is 0.465 e. The summed E-state index contributed by atoms with van der Waals surface area (Å²) >= 11 is 0. The molecule has 0 saturated carbocycles. The second-order valence-corrected chi connectivity index (χ2v) is 11.0. The van der Waals surface area contributed by atoms with Gasteiger partial charge in [-0.2, -0.15) is 0 Å². The lowest BCUT2D eigenvalue weighted by Crippen LogP contribution is -2.61. The van der Waals surface area contributed by atoms with Crippen LogP contribution in [0.25, 0.3) is 0 Å². The van der Waals surface area contributed by atoms with Crippen molar-refractivity contribution in [3.8, 4) is 0 Å². The zero-order valence-corrected chi connectivity index (χ0v) is 20.3. The normalized spacial score (nSPS) is 17.5. The van der Waals surface area contributed by atoms with E-state index in [9.17, 15) is 22.8 Å². The molecule has 11 heteroatoms. The Kier molecular flexibility index (Phi) is 7.13. The summed E-state index contributed by atoms with van der Waals surface area (Å²) in [6, 6.07) is 1.56. The molecule has 2 N–H and O–H groups in total. The Morgan fingerprint density at radius 1 is 1.19 bits per heavy atom. The zero-order valence-electron chi connectivity index (χ0n) is 19.5. The SMILES string of the molecule is COC(=O)c1cc(N)c(N2CCN(C(=O)OC(C)(C)C)C(C(C)C)C2=O)cc1S(C)(=O)=O. The van der Waals surface area contributed by atoms with Crippen molar-refractivity contribution < 1.29 is 32.3 Å². The number of carbonyl (C=O) groups excluding carboxylic acids is 3. The van der Waals surface area contributed by atoms with Gasteiger partial charge in [0.25, 0.3) is 0 Å². The van der Waals surface area contributed by atoms with E-state index in [1.807, 2.05) is 0 Å². The van der Waals surface area contributed by atoms with E-state index in [2.05, 4.69) is 4.74 Å². The number of nitrogens with two attached hydrogens (primary N) is 1. The molecule has 1 aromatic carbocycles. The van der Waals surface area contributed by atoms with Crippen LogP contribution >= 0.6 is 0 Å². The molecule has 1 aliphatic rings. The van der Waals surface area contributed by atoms with Crippen molar-refractivity contribution in [3.63, 3.8) is 0 Å². The van der Waals surface area contributed by atoms with Crippen molar-refractivity contribution in [1.29, 1.82) is 0 Å². The summed E-state index contributed by atoms with van der Waals surface area (Å²) in [4.78, 5) is 40.6. The number of amides is 2. The summed E-state index contributed by atoms with van der Waals surface area (Å²) in [5.41, 5.74) is 5.37. The number of ether oxygens (including phenoxy) is 2. The molecule has 0 bridgehead atoms. The number of nitrogen functional groups attached to an aromatic ring is 1. The molecule has 32 heavy (non-hydrogen) atoms. The Labute approximate surface area is 188 Å². The fraction of sp³-hybridized carbons (Fsp3) is 0.571. The van der Waals surface area contributed by atoms with Crippen LogP contribution in [0.1, 0.15) is 45.0 Å². The van der Waals surface area contributed by atoms with Crippen molar-refractivity contribution >= 4 is 39.2 Å². The topological polar surface area (TPSA) is 136 Å². The van der Waals surface area contributed by atoms with Crippen LogP contribution in [0.3, 0.4) is 0 Å². The second kappa shape index (κ2) is 8.97. The molecule has 1 heterocycles. The van der Waals surface area contributed by atoms with E-state index in [1.165, 1.54) is 21.9 Å². The average molecular weight is 470 g/mol. The smallest absolute Gasteiger partial charge is 0.411 e. The number of piperazine rings is 1. The number of methoxy groups -OCH3 is 1. The number of anilines is 2. The predicted octanol–water partition coefficient (Wildman–Crippen LogP) is 2.07. The number of rotatable bonds is 4. The van der Waals surface area contributed by atoms with Crippen LogP contribution in [0.2, 0.25) is 0 Å². The van der Waals surface area contributed by atoms with Crippen LogP contribution in [-0.2, 0) is 24.1 Å². The van der Waals surface area contributed by atoms with Crippen LogP contribution in [0, 0.1) is 5.92 Å². The van der Waals surface area contributed by atoms with E-state index < -0.39 is 39.4 Å². The van der Waals surface area contributed by atoms with Crippen LogP contribution < -0.4 is 10.6 Å². The third kappa shape index (κ3) is 5.32. The lowest BCUT2D eigenvalue weighted by atomic mass is 9.98. The van der Waals surface area contributed by atoms with Crippen molar-refractivity contribution in [2.45, 2.75) is 51.2 Å². The number of carbonyl (C=O) groups is 3. The first kappa shape index (κ1) is 25.4. The standard InChI is InChI=1S/C21H31N3O7S/c1-12(2)17-18(25)23(8-9-24(17)20(27)31-21(3,4)5)15-11-16(32(7,28)29)13(10-14(15)22)19(26)30-6/h10-12,17H,8-9,22H2,1-7H3. The van der Waals surface area contributed by atoms with Crippen molar-refractivity contribution in [2.24, 2.45) is 5.92 Å². The van der Waals surface area contributed by atoms with Gasteiger partial charge in [0.2, 0.25) is 5.91 Å². The number of nitrogens with zero attached hydrogens (tertiary/aromatic N) is 2. The summed E-state index contributed by atoms with van der Waals surface area (Å²) < 4.78 is 34.8. The number of sulfone groups is 1. The Morgan fingerprint density at radius 2 is 1.78 bits per heavy atom. The summed E-state index contributed by atoms with van der Waals surface area (Å²) in [6.45, 7) is 9.06. The van der Waals surface area contributed by atoms with Gasteiger partial charge < -0.3 is 20.1 Å². The Bertz CT molecular complexity index is 1030. The van der Waals surface area contributed by atoms with E-state index in [-0.39, 0.29) is 40.8 Å². The zero-order chi connectivity index (χ0) is 24.6. The molecule has 0 spiro atoms. The van der Waals surface area contributed by atoms with Gasteiger partial charge in [-0.25, -0.2) is 18.0 Å². The molecule has 0 radical (unpaired) electrons. The first-order valence-electron chi connectivity index (χ1n) is 10.1. The molecule has 2 rings (SSSR count). The fourth-order valence-electron chi connectivity index (χ4n) is 3.56. The van der Waals surface area contributed by atoms with E-state index >= 15 is 0 Å². The minimum absolute atomic E-state index is 0.0411. The highest BCUT2D eigenvalue weighted by Gasteiger charge is 2.42. The summed E-state index contributed by atoms with van der Waals surface area (Å²) in [5.74, 6) is -1.53. The molecule has 0 aliphatic carbocycles. The monoisotopic (exact) mass is 469 g/mol. The third-order valence-corrected chi connectivity index (χ3v) is 6.04. The molecular formula is C21H31N3O7S. The van der Waals surface area contributed by atoms with Gasteiger partial charge in [-0.3, -0.25) is 9.69 Å². The molecule has 10 nitrogen and oxygen atoms in total. The summed E-state index contributed by atoms with van der Waals surface area (Å²) in [7, 11) is -2.71. The van der Waals surface area contributed by atoms with Crippen molar-refractivity contribution in [3.05, 3.63) is 17.7 Å². The highest BCUT2D eigenvalue weighted by atomic mass is 32.2. The van der Waals surface area contributed by atoms with Crippen molar-refractivity contribution in [2.75, 3.05) is 37.1 Å². The Morgan fingerprint density at radius 3 is 2.25 bits per heavy atom. The van der Waals surface area contributed by atoms with E-state index in [1.54, 1.807) is 34.6 Å². The van der Waals surface area contributed by atoms with Gasteiger partial charge in [-0.1, -0.05) is 13.8 Å². The molecule has 1 fully saturated rings. The molecule has 0 aromatic heterocycles. The number of esters is 1. The predicted molar refractivity (Wildman–Crippen MR) is 119 cm³/mol. The number of benzene rings is 1. The lowest BCUT2D eigenvalue weighted by Gasteiger charge is -2.42. The van der Waals surface area contributed by atoms with E-state index in [4.69, 9.17) is 10.5 Å². The average Bonchev–Trinajstić information content (AvgIpc) is 2.64. The third-order valence-electron chi connectivity index (χ3n) is 4.90. The Hall–Kier alpha value is -2.82. The maximum Gasteiger partial charge on any atom is 0.411 e. The summed E-state index contributed by atoms with van der Waals surface area (Å²) in [5, 5.41) is 0. The van der Waals surface area contributed by atoms with Gasteiger partial charge in [-0.15, -0.1) is 0 Å². The van der Waals surface area contributed by atoms with E-state index in [0.717, 1.165) is 13.4 Å². The summed E-state index contributed by atoms with van der Waals surface area (Å²) in [6.07, 6.45) is 0.350. The minimum atomic E-state index is -3.84. The maximum atomic E-state index is 13.4. The molecule has 1 saturated heterocycles. The molecule has 1 aliphatic heterocycles. The molecule has 1 atom stereocenters. The molecule has 1 unspecified atom stereocenters. The molecule has 1 aromatic rings. The van der Waals surface area contributed by atoms with Gasteiger partial charge in [0.1, 0.15) is 11.6 Å². The molecule has 178 valence electrons. The quantitative estimate of drug-likeness (QED) is 0.523. The van der Waals surface area contributed by atoms with Crippen LogP contribution in [0.15, 0.2) is 17.0 Å². The lowest BCUT2D eigenvalue weighted by molar-refractivity contribution is -0.127. The van der Waals surface area contributed by atoms with Crippen molar-refractivity contribution in [1.82, 2.24) is 4.90 Å². The van der Waals surface area contributed by atoms with Crippen LogP contribution in [0.5, 0.6) is 0 Å². The second-order valence-electron chi connectivity index (χ2n) is 9.02. The fourth-order valence-corrected chi connectivity index (χ4v) is 4.42. The van der Waals surface area contributed by atoms with Crippen LogP contribution in [0.4, 0.5) is 16.2 Å². The molecular weight excluding hydrogens is 438 g/mol.